The molecule has 4 nitrogen and oxygen atoms in total. The van der Waals surface area contributed by atoms with Crippen molar-refractivity contribution in [2.75, 3.05) is 13.2 Å². The molecule has 1 aromatic carbocycles. The van der Waals surface area contributed by atoms with Gasteiger partial charge < -0.3 is 5.11 Å². The zero-order valence-electron chi connectivity index (χ0n) is 12.8. The van der Waals surface area contributed by atoms with E-state index in [9.17, 15) is 8.42 Å². The summed E-state index contributed by atoms with van der Waals surface area (Å²) in [6.45, 7) is 0.513. The first kappa shape index (κ1) is 21.7. The maximum atomic E-state index is 11.8. The Morgan fingerprint density at radius 1 is 0.857 bits per heavy atom. The van der Waals surface area contributed by atoms with Crippen molar-refractivity contribution in [1.82, 2.24) is 0 Å². The molecular formula is C15H24KO4S. The fraction of sp³-hybridized carbons (Fsp3) is 0.600. The number of aliphatic hydroxyl groups excluding tert-OH is 1. The molecular weight excluding hydrogens is 315 g/mol. The smallest absolute Gasteiger partial charge is 0.296 e. The summed E-state index contributed by atoms with van der Waals surface area (Å²) in [5, 5.41) is 8.64. The predicted octanol–water partition coefficient (Wildman–Crippen LogP) is 2.73. The third kappa shape index (κ3) is 10.2. The third-order valence-corrected chi connectivity index (χ3v) is 4.40. The standard InChI is InChI=1S/C15H24O4S.K/c16-13-9-4-2-1-3-5-10-14-19-20(17,18)15-11-7-6-8-12-15;/h6-8,11-12,16H,1-5,9-10,13-14H2;. The average molecular weight is 340 g/mol. The molecule has 0 fully saturated rings. The van der Waals surface area contributed by atoms with E-state index in [0.29, 0.717) is 0 Å². The van der Waals surface area contributed by atoms with E-state index in [1.54, 1.807) is 18.2 Å². The Kier molecular flexibility index (Phi) is 13.6. The second kappa shape index (κ2) is 13.2. The molecule has 0 spiro atoms. The van der Waals surface area contributed by atoms with Gasteiger partial charge in [-0.2, -0.15) is 8.42 Å². The van der Waals surface area contributed by atoms with E-state index < -0.39 is 10.1 Å². The molecule has 0 unspecified atom stereocenters. The van der Waals surface area contributed by atoms with Crippen LogP contribution in [0.15, 0.2) is 35.2 Å². The molecule has 0 aromatic heterocycles. The van der Waals surface area contributed by atoms with Crippen molar-refractivity contribution in [3.05, 3.63) is 30.3 Å². The Hall–Kier alpha value is 0.726. The van der Waals surface area contributed by atoms with Crippen LogP contribution >= 0.6 is 0 Å². The minimum atomic E-state index is -3.59. The van der Waals surface area contributed by atoms with Crippen LogP contribution in [0.25, 0.3) is 0 Å². The first-order chi connectivity index (χ1) is 9.67. The van der Waals surface area contributed by atoms with Crippen molar-refractivity contribution in [3.8, 4) is 0 Å². The van der Waals surface area contributed by atoms with Gasteiger partial charge in [0, 0.05) is 58.0 Å². The number of aliphatic hydroxyl groups is 1. The zero-order chi connectivity index (χ0) is 14.7. The summed E-state index contributed by atoms with van der Waals surface area (Å²) in [5.41, 5.74) is 0. The van der Waals surface area contributed by atoms with Gasteiger partial charge in [0.05, 0.1) is 11.5 Å². The van der Waals surface area contributed by atoms with Crippen molar-refractivity contribution in [2.24, 2.45) is 0 Å². The van der Waals surface area contributed by atoms with Crippen LogP contribution in [0.5, 0.6) is 0 Å². The van der Waals surface area contributed by atoms with Gasteiger partial charge in [-0.3, -0.25) is 4.18 Å². The Balaban J connectivity index is 0.00000400. The topological polar surface area (TPSA) is 63.6 Å². The summed E-state index contributed by atoms with van der Waals surface area (Å²) in [7, 11) is -3.59. The molecule has 1 N–H and O–H groups in total. The first-order valence-electron chi connectivity index (χ1n) is 7.22. The normalized spacial score (nSPS) is 11.1. The van der Waals surface area contributed by atoms with Gasteiger partial charge in [0.25, 0.3) is 10.1 Å². The minimum Gasteiger partial charge on any atom is -0.396 e. The maximum Gasteiger partial charge on any atom is 0.296 e. The molecule has 0 bridgehead atoms. The van der Waals surface area contributed by atoms with Crippen LogP contribution in [0.3, 0.4) is 0 Å². The Labute approximate surface area is 170 Å². The molecule has 1 rings (SSSR count). The molecule has 0 atom stereocenters. The third-order valence-electron chi connectivity index (χ3n) is 3.07. The average Bonchev–Trinajstić information content (AvgIpc) is 2.46. The van der Waals surface area contributed by atoms with Crippen molar-refractivity contribution < 1.29 is 17.7 Å². The van der Waals surface area contributed by atoms with Crippen molar-refractivity contribution in [1.29, 1.82) is 0 Å². The fourth-order valence-corrected chi connectivity index (χ4v) is 2.89. The van der Waals surface area contributed by atoms with Crippen LogP contribution in [0.1, 0.15) is 44.9 Å². The molecule has 21 heavy (non-hydrogen) atoms. The monoisotopic (exact) mass is 339 g/mol. The Morgan fingerprint density at radius 3 is 1.95 bits per heavy atom. The van der Waals surface area contributed by atoms with E-state index in [-0.39, 0.29) is 69.5 Å². The van der Waals surface area contributed by atoms with E-state index in [1.165, 1.54) is 12.1 Å². The molecule has 1 radical (unpaired) electrons. The number of hydrogen-bond donors (Lipinski definition) is 1. The van der Waals surface area contributed by atoms with Crippen LogP contribution in [0.4, 0.5) is 0 Å². The van der Waals surface area contributed by atoms with Gasteiger partial charge in [-0.15, -0.1) is 0 Å². The largest absolute Gasteiger partial charge is 0.396 e. The molecule has 0 aliphatic heterocycles. The van der Waals surface area contributed by atoms with E-state index in [0.717, 1.165) is 44.9 Å². The molecule has 1 aromatic rings. The molecule has 0 aliphatic carbocycles. The van der Waals surface area contributed by atoms with Crippen molar-refractivity contribution in [3.63, 3.8) is 0 Å². The van der Waals surface area contributed by atoms with Gasteiger partial charge in [-0.05, 0) is 25.0 Å². The van der Waals surface area contributed by atoms with Gasteiger partial charge in [-0.1, -0.05) is 50.3 Å². The number of rotatable bonds is 11. The number of hydrogen-bond acceptors (Lipinski definition) is 4. The number of benzene rings is 1. The maximum absolute atomic E-state index is 11.8. The van der Waals surface area contributed by atoms with Gasteiger partial charge >= 0.3 is 0 Å². The summed E-state index contributed by atoms with van der Waals surface area (Å²) < 4.78 is 28.6. The van der Waals surface area contributed by atoms with E-state index in [4.69, 9.17) is 9.29 Å². The van der Waals surface area contributed by atoms with Crippen LogP contribution in [0.2, 0.25) is 0 Å². The van der Waals surface area contributed by atoms with E-state index >= 15 is 0 Å². The quantitative estimate of drug-likeness (QED) is 0.382. The van der Waals surface area contributed by atoms with Crippen LogP contribution in [-0.4, -0.2) is 78.1 Å². The van der Waals surface area contributed by atoms with Gasteiger partial charge in [0.1, 0.15) is 0 Å². The summed E-state index contributed by atoms with van der Waals surface area (Å²) in [4.78, 5) is 0.212. The molecule has 0 heterocycles. The summed E-state index contributed by atoms with van der Waals surface area (Å²) in [6, 6.07) is 8.22. The molecule has 6 heteroatoms. The van der Waals surface area contributed by atoms with E-state index in [2.05, 4.69) is 0 Å². The van der Waals surface area contributed by atoms with Crippen molar-refractivity contribution >= 4 is 61.5 Å². The molecule has 0 aliphatic rings. The molecule has 0 saturated heterocycles. The first-order valence-corrected chi connectivity index (χ1v) is 8.63. The van der Waals surface area contributed by atoms with Crippen LogP contribution in [-0.2, 0) is 14.3 Å². The SMILES string of the molecule is O=S(=O)(OCCCCCCCCCO)c1ccccc1.[K]. The predicted molar refractivity (Wildman–Crippen MR) is 84.7 cm³/mol. The zero-order valence-corrected chi connectivity index (χ0v) is 16.8. The van der Waals surface area contributed by atoms with Crippen LogP contribution < -0.4 is 0 Å². The number of unbranched alkanes of at least 4 members (excludes halogenated alkanes) is 6. The summed E-state index contributed by atoms with van der Waals surface area (Å²) >= 11 is 0. The molecule has 115 valence electrons. The second-order valence-corrected chi connectivity index (χ2v) is 6.40. The minimum absolute atomic E-state index is 0. The summed E-state index contributed by atoms with van der Waals surface area (Å²) in [6.07, 6.45) is 7.01. The molecule has 0 saturated carbocycles. The second-order valence-electron chi connectivity index (χ2n) is 4.79. The molecule has 0 amide bonds. The van der Waals surface area contributed by atoms with Crippen LogP contribution in [0, 0.1) is 0 Å². The van der Waals surface area contributed by atoms with Gasteiger partial charge in [-0.25, -0.2) is 0 Å². The fourth-order valence-electron chi connectivity index (χ4n) is 1.92. The summed E-state index contributed by atoms with van der Waals surface area (Å²) in [5.74, 6) is 0. The van der Waals surface area contributed by atoms with E-state index in [1.807, 2.05) is 0 Å². The Bertz CT molecular complexity index is 448. The van der Waals surface area contributed by atoms with Gasteiger partial charge in [0.15, 0.2) is 0 Å². The van der Waals surface area contributed by atoms with Gasteiger partial charge in [0.2, 0.25) is 0 Å². The Morgan fingerprint density at radius 2 is 1.38 bits per heavy atom. The van der Waals surface area contributed by atoms with Crippen molar-refractivity contribution in [2.45, 2.75) is 49.8 Å².